The summed E-state index contributed by atoms with van der Waals surface area (Å²) >= 11 is 0. The topological polar surface area (TPSA) is 34.1 Å². The molecule has 15 heavy (non-hydrogen) atoms. The maximum absolute atomic E-state index is 11.8. The number of Topliss-reactive ketones (excluding diaryl/α,β-unsaturated/α-hetero) is 2. The molecule has 3 atom stereocenters. The van der Waals surface area contributed by atoms with Crippen molar-refractivity contribution < 1.29 is 9.59 Å². The fraction of sp³-hybridized carbons (Fsp3) is 0.692. The molecular formula is C13H18O2. The summed E-state index contributed by atoms with van der Waals surface area (Å²) in [6.45, 7) is 4.33. The lowest BCUT2D eigenvalue weighted by Crippen LogP contribution is -2.28. The molecule has 0 aliphatic heterocycles. The van der Waals surface area contributed by atoms with Crippen molar-refractivity contribution in [3.63, 3.8) is 0 Å². The van der Waals surface area contributed by atoms with E-state index in [2.05, 4.69) is 26.0 Å². The van der Waals surface area contributed by atoms with Crippen molar-refractivity contribution in [1.29, 1.82) is 0 Å². The SMILES string of the molecule is CC(C)CC1C=CCC2C(=O)CC(=O)C12. The van der Waals surface area contributed by atoms with Gasteiger partial charge in [-0.05, 0) is 24.7 Å². The summed E-state index contributed by atoms with van der Waals surface area (Å²) in [6, 6.07) is 0. The molecule has 2 rings (SSSR count). The Labute approximate surface area is 90.7 Å². The van der Waals surface area contributed by atoms with Crippen LogP contribution < -0.4 is 0 Å². The van der Waals surface area contributed by atoms with Crippen LogP contribution in [0.25, 0.3) is 0 Å². The zero-order valence-corrected chi connectivity index (χ0v) is 9.40. The minimum absolute atomic E-state index is 0.00454. The van der Waals surface area contributed by atoms with Crippen LogP contribution in [-0.4, -0.2) is 11.6 Å². The van der Waals surface area contributed by atoms with Gasteiger partial charge in [-0.1, -0.05) is 26.0 Å². The molecule has 0 heterocycles. The van der Waals surface area contributed by atoms with E-state index in [1.54, 1.807) is 0 Å². The van der Waals surface area contributed by atoms with Gasteiger partial charge in [0.1, 0.15) is 11.6 Å². The maximum atomic E-state index is 11.8. The van der Waals surface area contributed by atoms with Gasteiger partial charge in [-0.15, -0.1) is 0 Å². The second kappa shape index (κ2) is 3.92. The number of ketones is 2. The Morgan fingerprint density at radius 2 is 2.07 bits per heavy atom. The molecule has 0 spiro atoms. The predicted molar refractivity (Wildman–Crippen MR) is 58.3 cm³/mol. The van der Waals surface area contributed by atoms with Crippen LogP contribution in [0.15, 0.2) is 12.2 Å². The normalized spacial score (nSPS) is 35.0. The van der Waals surface area contributed by atoms with Crippen molar-refractivity contribution in [2.24, 2.45) is 23.7 Å². The fourth-order valence-electron chi connectivity index (χ4n) is 2.95. The van der Waals surface area contributed by atoms with E-state index in [4.69, 9.17) is 0 Å². The maximum Gasteiger partial charge on any atom is 0.144 e. The van der Waals surface area contributed by atoms with Gasteiger partial charge in [-0.2, -0.15) is 0 Å². The highest BCUT2D eigenvalue weighted by Gasteiger charge is 2.45. The number of carbonyl (C=O) groups is 2. The van der Waals surface area contributed by atoms with Crippen LogP contribution in [0.1, 0.15) is 33.1 Å². The molecule has 2 nitrogen and oxygen atoms in total. The number of allylic oxidation sites excluding steroid dienone is 2. The number of hydrogen-bond donors (Lipinski definition) is 0. The Kier molecular flexibility index (Phi) is 2.76. The van der Waals surface area contributed by atoms with E-state index < -0.39 is 0 Å². The Hall–Kier alpha value is -0.920. The van der Waals surface area contributed by atoms with E-state index in [9.17, 15) is 9.59 Å². The minimum Gasteiger partial charge on any atom is -0.299 e. The molecule has 0 aromatic carbocycles. The summed E-state index contributed by atoms with van der Waals surface area (Å²) in [5, 5.41) is 0. The van der Waals surface area contributed by atoms with Crippen molar-refractivity contribution in [1.82, 2.24) is 0 Å². The zero-order chi connectivity index (χ0) is 11.0. The van der Waals surface area contributed by atoms with Crippen molar-refractivity contribution in [2.75, 3.05) is 0 Å². The van der Waals surface area contributed by atoms with Gasteiger partial charge in [0.25, 0.3) is 0 Å². The van der Waals surface area contributed by atoms with Crippen LogP contribution in [0, 0.1) is 23.7 Å². The van der Waals surface area contributed by atoms with Crippen molar-refractivity contribution >= 4 is 11.6 Å². The summed E-state index contributed by atoms with van der Waals surface area (Å²) in [5.41, 5.74) is 0. The Morgan fingerprint density at radius 3 is 2.73 bits per heavy atom. The van der Waals surface area contributed by atoms with Crippen LogP contribution in [0.4, 0.5) is 0 Å². The molecule has 0 amide bonds. The average Bonchev–Trinajstić information content (AvgIpc) is 2.43. The van der Waals surface area contributed by atoms with E-state index >= 15 is 0 Å². The Bertz CT molecular complexity index is 314. The molecule has 3 unspecified atom stereocenters. The second-order valence-electron chi connectivity index (χ2n) is 5.20. The van der Waals surface area contributed by atoms with Crippen molar-refractivity contribution in [2.45, 2.75) is 33.1 Å². The molecule has 1 saturated carbocycles. The third-order valence-corrected chi connectivity index (χ3v) is 3.55. The lowest BCUT2D eigenvalue weighted by atomic mass is 9.74. The van der Waals surface area contributed by atoms with Gasteiger partial charge in [-0.3, -0.25) is 9.59 Å². The molecule has 0 saturated heterocycles. The van der Waals surface area contributed by atoms with E-state index in [1.165, 1.54) is 0 Å². The fourth-order valence-corrected chi connectivity index (χ4v) is 2.95. The average molecular weight is 206 g/mol. The molecule has 0 aromatic rings. The van der Waals surface area contributed by atoms with E-state index in [0.29, 0.717) is 11.8 Å². The third kappa shape index (κ3) is 1.90. The van der Waals surface area contributed by atoms with Gasteiger partial charge in [-0.25, -0.2) is 0 Å². The molecule has 0 bridgehead atoms. The van der Waals surface area contributed by atoms with E-state index in [1.807, 2.05) is 0 Å². The highest BCUT2D eigenvalue weighted by Crippen LogP contribution is 2.40. The van der Waals surface area contributed by atoms with Gasteiger partial charge in [0, 0.05) is 11.8 Å². The lowest BCUT2D eigenvalue weighted by Gasteiger charge is -2.28. The summed E-state index contributed by atoms with van der Waals surface area (Å²) in [4.78, 5) is 23.4. The van der Waals surface area contributed by atoms with E-state index in [-0.39, 0.29) is 29.8 Å². The Balaban J connectivity index is 2.19. The molecule has 2 aliphatic rings. The number of carbonyl (C=O) groups excluding carboxylic acids is 2. The first-order valence-electron chi connectivity index (χ1n) is 5.81. The predicted octanol–water partition coefficient (Wildman–Crippen LogP) is 2.38. The second-order valence-corrected chi connectivity index (χ2v) is 5.20. The summed E-state index contributed by atoms with van der Waals surface area (Å²) in [6.07, 6.45) is 6.23. The minimum atomic E-state index is 0.00454. The highest BCUT2D eigenvalue weighted by atomic mass is 16.2. The standard InChI is InChI=1S/C13H18O2/c1-8(2)6-9-4-3-5-10-11(14)7-12(15)13(9)10/h3-4,8-10,13H,5-7H2,1-2H3. The number of rotatable bonds is 2. The van der Waals surface area contributed by atoms with Gasteiger partial charge < -0.3 is 0 Å². The van der Waals surface area contributed by atoms with E-state index in [0.717, 1.165) is 12.8 Å². The largest absolute Gasteiger partial charge is 0.299 e. The third-order valence-electron chi connectivity index (χ3n) is 3.55. The molecular weight excluding hydrogens is 188 g/mol. The first-order chi connectivity index (χ1) is 7.09. The molecule has 0 N–H and O–H groups in total. The van der Waals surface area contributed by atoms with Crippen LogP contribution in [0.2, 0.25) is 0 Å². The van der Waals surface area contributed by atoms with Crippen LogP contribution in [0.3, 0.4) is 0 Å². The highest BCUT2D eigenvalue weighted by molar-refractivity contribution is 6.09. The van der Waals surface area contributed by atoms with Crippen molar-refractivity contribution in [3.05, 3.63) is 12.2 Å². The van der Waals surface area contributed by atoms with Crippen LogP contribution in [-0.2, 0) is 9.59 Å². The van der Waals surface area contributed by atoms with Crippen LogP contribution >= 0.6 is 0 Å². The lowest BCUT2D eigenvalue weighted by molar-refractivity contribution is -0.123. The van der Waals surface area contributed by atoms with Crippen LogP contribution in [0.5, 0.6) is 0 Å². The summed E-state index contributed by atoms with van der Waals surface area (Å²) < 4.78 is 0. The molecule has 0 aromatic heterocycles. The quantitative estimate of drug-likeness (QED) is 0.513. The smallest absolute Gasteiger partial charge is 0.144 e. The van der Waals surface area contributed by atoms with Gasteiger partial charge in [0.05, 0.1) is 6.42 Å². The van der Waals surface area contributed by atoms with Gasteiger partial charge >= 0.3 is 0 Å². The summed E-state index contributed by atoms with van der Waals surface area (Å²) in [5.74, 6) is 1.25. The number of fused-ring (bicyclic) bond motifs is 1. The molecule has 1 fully saturated rings. The van der Waals surface area contributed by atoms with Crippen molar-refractivity contribution in [3.8, 4) is 0 Å². The van der Waals surface area contributed by atoms with Gasteiger partial charge in [0.2, 0.25) is 0 Å². The first kappa shape index (κ1) is 10.6. The van der Waals surface area contributed by atoms with Gasteiger partial charge in [0.15, 0.2) is 0 Å². The molecule has 2 aliphatic carbocycles. The number of hydrogen-bond acceptors (Lipinski definition) is 2. The molecule has 82 valence electrons. The molecule has 2 heteroatoms. The Morgan fingerprint density at radius 1 is 1.33 bits per heavy atom. The first-order valence-corrected chi connectivity index (χ1v) is 5.81. The zero-order valence-electron chi connectivity index (χ0n) is 9.40. The molecule has 0 radical (unpaired) electrons. The summed E-state index contributed by atoms with van der Waals surface area (Å²) in [7, 11) is 0. The monoisotopic (exact) mass is 206 g/mol.